The van der Waals surface area contributed by atoms with Gasteiger partial charge in [-0.2, -0.15) is 8.78 Å². The number of nitrogens with two attached hydrogens (primary N) is 1. The number of alkyl halides is 2. The fourth-order valence-corrected chi connectivity index (χ4v) is 0.706. The summed E-state index contributed by atoms with van der Waals surface area (Å²) in [5.74, 6) is -1.39. The number of nitrogen functional groups attached to an aromatic ring is 1. The molecule has 2 N–H and O–H groups in total. The Balaban J connectivity index is 2.90. The molecule has 1 rings (SSSR count). The van der Waals surface area contributed by atoms with E-state index in [-0.39, 0.29) is 5.69 Å². The molecule has 5 heteroatoms. The first-order chi connectivity index (χ1) is 5.59. The van der Waals surface area contributed by atoms with Crippen molar-refractivity contribution in [3.63, 3.8) is 0 Å². The highest BCUT2D eigenvalue weighted by atomic mass is 19.3. The van der Waals surface area contributed by atoms with E-state index >= 15 is 0 Å². The van der Waals surface area contributed by atoms with Crippen LogP contribution in [0.5, 0.6) is 5.75 Å². The molecule has 0 atom stereocenters. The highest BCUT2D eigenvalue weighted by Crippen LogP contribution is 2.21. The predicted octanol–water partition coefficient (Wildman–Crippen LogP) is 2.01. The number of rotatable bonds is 2. The van der Waals surface area contributed by atoms with Crippen LogP contribution in [-0.4, -0.2) is 6.61 Å². The van der Waals surface area contributed by atoms with E-state index in [1.54, 1.807) is 0 Å². The molecule has 1 aromatic carbocycles. The lowest BCUT2D eigenvalue weighted by Gasteiger charge is -2.05. The first kappa shape index (κ1) is 8.70. The molecule has 0 amide bonds. The largest absolute Gasteiger partial charge is 0.432 e. The fourth-order valence-electron chi connectivity index (χ4n) is 0.706. The zero-order valence-electron chi connectivity index (χ0n) is 5.93. The van der Waals surface area contributed by atoms with Crippen LogP contribution in [0.1, 0.15) is 0 Å². The molecular formula is C7H6F3NO. The Hall–Kier alpha value is -1.39. The van der Waals surface area contributed by atoms with Crippen molar-refractivity contribution >= 4 is 5.69 Å². The van der Waals surface area contributed by atoms with Gasteiger partial charge in [-0.3, -0.25) is 0 Å². The first-order valence-corrected chi connectivity index (χ1v) is 3.09. The quantitative estimate of drug-likeness (QED) is 0.701. The van der Waals surface area contributed by atoms with Gasteiger partial charge in [-0.1, -0.05) is 0 Å². The van der Waals surface area contributed by atoms with Gasteiger partial charge >= 0.3 is 6.61 Å². The maximum atomic E-state index is 12.6. The summed E-state index contributed by atoms with van der Waals surface area (Å²) < 4.78 is 39.7. The SMILES string of the molecule is Nc1ccc(F)c(OC(F)F)c1. The van der Waals surface area contributed by atoms with E-state index in [1.807, 2.05) is 0 Å². The van der Waals surface area contributed by atoms with Crippen LogP contribution in [0.15, 0.2) is 18.2 Å². The fraction of sp³-hybridized carbons (Fsp3) is 0.143. The number of anilines is 1. The molecule has 0 aromatic heterocycles. The Labute approximate surface area is 66.7 Å². The molecule has 0 saturated heterocycles. The van der Waals surface area contributed by atoms with Crippen LogP contribution in [0.2, 0.25) is 0 Å². The van der Waals surface area contributed by atoms with Crippen molar-refractivity contribution in [1.29, 1.82) is 0 Å². The second kappa shape index (κ2) is 3.34. The maximum Gasteiger partial charge on any atom is 0.387 e. The van der Waals surface area contributed by atoms with E-state index < -0.39 is 18.2 Å². The molecule has 0 spiro atoms. The highest BCUT2D eigenvalue weighted by Gasteiger charge is 2.09. The van der Waals surface area contributed by atoms with Crippen LogP contribution in [0.4, 0.5) is 18.9 Å². The molecule has 12 heavy (non-hydrogen) atoms. The van der Waals surface area contributed by atoms with E-state index in [0.29, 0.717) is 0 Å². The van der Waals surface area contributed by atoms with Gasteiger partial charge in [0.15, 0.2) is 11.6 Å². The Morgan fingerprint density at radius 2 is 2.00 bits per heavy atom. The number of hydrogen-bond acceptors (Lipinski definition) is 2. The molecule has 0 radical (unpaired) electrons. The molecule has 0 unspecified atom stereocenters. The Morgan fingerprint density at radius 1 is 1.33 bits per heavy atom. The lowest BCUT2D eigenvalue weighted by atomic mass is 10.3. The van der Waals surface area contributed by atoms with E-state index in [4.69, 9.17) is 5.73 Å². The number of halogens is 3. The van der Waals surface area contributed by atoms with E-state index in [1.165, 1.54) is 6.07 Å². The normalized spacial score (nSPS) is 10.3. The predicted molar refractivity (Wildman–Crippen MR) is 37.4 cm³/mol. The summed E-state index contributed by atoms with van der Waals surface area (Å²) >= 11 is 0. The minimum absolute atomic E-state index is 0.173. The van der Waals surface area contributed by atoms with Gasteiger partial charge in [0.2, 0.25) is 0 Å². The minimum Gasteiger partial charge on any atom is -0.432 e. The van der Waals surface area contributed by atoms with Crippen molar-refractivity contribution in [3.8, 4) is 5.75 Å². The summed E-state index contributed by atoms with van der Waals surface area (Å²) in [6, 6.07) is 3.22. The summed E-state index contributed by atoms with van der Waals surface area (Å²) in [6.45, 7) is -3.04. The summed E-state index contributed by atoms with van der Waals surface area (Å²) in [5, 5.41) is 0. The Bertz CT molecular complexity index is 277. The number of benzene rings is 1. The van der Waals surface area contributed by atoms with Crippen molar-refractivity contribution < 1.29 is 17.9 Å². The van der Waals surface area contributed by atoms with Gasteiger partial charge in [0, 0.05) is 11.8 Å². The van der Waals surface area contributed by atoms with Crippen LogP contribution in [0.25, 0.3) is 0 Å². The van der Waals surface area contributed by atoms with Gasteiger partial charge < -0.3 is 10.5 Å². The van der Waals surface area contributed by atoms with Gasteiger partial charge in [0.25, 0.3) is 0 Å². The van der Waals surface area contributed by atoms with Gasteiger partial charge in [-0.25, -0.2) is 4.39 Å². The van der Waals surface area contributed by atoms with Crippen molar-refractivity contribution in [2.75, 3.05) is 5.73 Å². The highest BCUT2D eigenvalue weighted by molar-refractivity contribution is 5.44. The molecule has 0 aliphatic rings. The van der Waals surface area contributed by atoms with Gasteiger partial charge in [0.05, 0.1) is 0 Å². The zero-order valence-corrected chi connectivity index (χ0v) is 5.93. The van der Waals surface area contributed by atoms with Gasteiger partial charge in [0.1, 0.15) is 0 Å². The Kier molecular flexibility index (Phi) is 2.42. The lowest BCUT2D eigenvalue weighted by Crippen LogP contribution is -2.04. The lowest BCUT2D eigenvalue weighted by molar-refractivity contribution is -0.0521. The van der Waals surface area contributed by atoms with Crippen LogP contribution in [0, 0.1) is 5.82 Å². The van der Waals surface area contributed by atoms with E-state index in [2.05, 4.69) is 4.74 Å². The van der Waals surface area contributed by atoms with Crippen LogP contribution < -0.4 is 10.5 Å². The van der Waals surface area contributed by atoms with E-state index in [0.717, 1.165) is 12.1 Å². The van der Waals surface area contributed by atoms with Crippen molar-refractivity contribution in [2.45, 2.75) is 6.61 Å². The smallest absolute Gasteiger partial charge is 0.387 e. The molecule has 0 saturated carbocycles. The zero-order chi connectivity index (χ0) is 9.14. The monoisotopic (exact) mass is 177 g/mol. The molecule has 2 nitrogen and oxygen atoms in total. The summed E-state index contributed by atoms with van der Waals surface area (Å²) in [4.78, 5) is 0. The topological polar surface area (TPSA) is 35.2 Å². The maximum absolute atomic E-state index is 12.6. The molecule has 0 aliphatic carbocycles. The van der Waals surface area contributed by atoms with Gasteiger partial charge in [-0.05, 0) is 12.1 Å². The van der Waals surface area contributed by atoms with Crippen LogP contribution in [0.3, 0.4) is 0 Å². The third kappa shape index (κ3) is 2.05. The van der Waals surface area contributed by atoms with Crippen molar-refractivity contribution in [1.82, 2.24) is 0 Å². The summed E-state index contributed by atoms with van der Waals surface area (Å²) in [7, 11) is 0. The molecule has 0 bridgehead atoms. The molecule has 1 aromatic rings. The average molecular weight is 177 g/mol. The molecule has 0 heterocycles. The minimum atomic E-state index is -3.04. The van der Waals surface area contributed by atoms with E-state index in [9.17, 15) is 13.2 Å². The first-order valence-electron chi connectivity index (χ1n) is 3.09. The summed E-state index contributed by atoms with van der Waals surface area (Å²) in [5.41, 5.74) is 5.38. The van der Waals surface area contributed by atoms with Gasteiger partial charge in [-0.15, -0.1) is 0 Å². The third-order valence-corrected chi connectivity index (χ3v) is 1.17. The number of hydrogen-bond donors (Lipinski definition) is 1. The number of ether oxygens (including phenoxy) is 1. The summed E-state index contributed by atoms with van der Waals surface area (Å²) in [6.07, 6.45) is 0. The third-order valence-electron chi connectivity index (χ3n) is 1.17. The molecule has 0 aliphatic heterocycles. The second-order valence-electron chi connectivity index (χ2n) is 2.07. The average Bonchev–Trinajstić information content (AvgIpc) is 1.96. The van der Waals surface area contributed by atoms with Crippen LogP contribution in [-0.2, 0) is 0 Å². The van der Waals surface area contributed by atoms with Crippen LogP contribution >= 0.6 is 0 Å². The van der Waals surface area contributed by atoms with Crippen molar-refractivity contribution in [3.05, 3.63) is 24.0 Å². The standard InChI is InChI=1S/C7H6F3NO/c8-5-2-1-4(11)3-6(5)12-7(9)10/h1-3,7H,11H2. The molecular weight excluding hydrogens is 171 g/mol. The molecule has 0 fully saturated rings. The second-order valence-corrected chi connectivity index (χ2v) is 2.07. The molecule has 66 valence electrons. The van der Waals surface area contributed by atoms with Crippen molar-refractivity contribution in [2.24, 2.45) is 0 Å². The Morgan fingerprint density at radius 3 is 2.58 bits per heavy atom.